The molecule has 2 heterocycles. The molecule has 1 fully saturated rings. The van der Waals surface area contributed by atoms with Crippen LogP contribution in [0.3, 0.4) is 0 Å². The number of H-pyrrole nitrogens is 1. The maximum Gasteiger partial charge on any atom is 0.280 e. The van der Waals surface area contributed by atoms with Crippen molar-refractivity contribution in [3.8, 4) is 0 Å². The van der Waals surface area contributed by atoms with Crippen molar-refractivity contribution in [2.45, 2.75) is 40.2 Å². The lowest BCUT2D eigenvalue weighted by Gasteiger charge is -2.40. The van der Waals surface area contributed by atoms with E-state index in [0.717, 1.165) is 12.8 Å². The number of hydrogen-bond donors (Lipinski definition) is 2. The van der Waals surface area contributed by atoms with Gasteiger partial charge < -0.3 is 10.1 Å². The third kappa shape index (κ3) is 1.98. The Morgan fingerprint density at radius 2 is 2.24 bits per heavy atom. The van der Waals surface area contributed by atoms with E-state index in [-0.39, 0.29) is 28.5 Å². The van der Waals surface area contributed by atoms with Crippen molar-refractivity contribution < 1.29 is 5.11 Å². The van der Waals surface area contributed by atoms with Gasteiger partial charge in [0, 0.05) is 13.2 Å². The van der Waals surface area contributed by atoms with Crippen LogP contribution in [0.25, 0.3) is 11.2 Å². The smallest absolute Gasteiger partial charge is 0.280 e. The molecule has 0 aliphatic heterocycles. The zero-order valence-electron chi connectivity index (χ0n) is 12.6. The molecule has 114 valence electrons. The van der Waals surface area contributed by atoms with E-state index in [1.54, 1.807) is 4.68 Å². The monoisotopic (exact) mass is 291 g/mol. The molecule has 2 N–H and O–H groups in total. The van der Waals surface area contributed by atoms with Crippen LogP contribution in [-0.2, 0) is 6.54 Å². The van der Waals surface area contributed by atoms with Gasteiger partial charge >= 0.3 is 0 Å². The Kier molecular flexibility index (Phi) is 3.12. The molecule has 0 unspecified atom stereocenters. The van der Waals surface area contributed by atoms with Crippen molar-refractivity contribution in [2.75, 3.05) is 6.61 Å². The summed E-state index contributed by atoms with van der Waals surface area (Å²) < 4.78 is 1.71. The highest BCUT2D eigenvalue weighted by Crippen LogP contribution is 2.56. The molecular formula is C14H21N5O2. The Morgan fingerprint density at radius 3 is 2.90 bits per heavy atom. The van der Waals surface area contributed by atoms with Crippen LogP contribution in [-0.4, -0.2) is 36.7 Å². The van der Waals surface area contributed by atoms with Gasteiger partial charge in [-0.05, 0) is 29.6 Å². The van der Waals surface area contributed by atoms with Crippen LogP contribution in [0.15, 0.2) is 11.1 Å². The van der Waals surface area contributed by atoms with Crippen LogP contribution in [0, 0.1) is 16.7 Å². The van der Waals surface area contributed by atoms with E-state index < -0.39 is 0 Å². The lowest BCUT2D eigenvalue weighted by atomic mass is 9.66. The number of nitrogens with one attached hydrogen (secondary N) is 1. The van der Waals surface area contributed by atoms with E-state index in [4.69, 9.17) is 0 Å². The second-order valence-electron chi connectivity index (χ2n) is 6.85. The Balaban J connectivity index is 1.93. The largest absolute Gasteiger partial charge is 0.396 e. The van der Waals surface area contributed by atoms with Crippen molar-refractivity contribution in [1.82, 2.24) is 25.0 Å². The fourth-order valence-corrected chi connectivity index (χ4v) is 3.41. The third-order valence-corrected chi connectivity index (χ3v) is 5.67. The first-order chi connectivity index (χ1) is 9.89. The van der Waals surface area contributed by atoms with Gasteiger partial charge in [0.25, 0.3) is 5.56 Å². The van der Waals surface area contributed by atoms with Crippen molar-refractivity contribution in [1.29, 1.82) is 0 Å². The first-order valence-corrected chi connectivity index (χ1v) is 7.27. The minimum atomic E-state index is -0.267. The zero-order chi connectivity index (χ0) is 15.3. The second kappa shape index (κ2) is 4.62. The normalized spacial score (nSPS) is 28.3. The zero-order valence-corrected chi connectivity index (χ0v) is 12.6. The molecule has 3 rings (SSSR count). The molecule has 0 bridgehead atoms. The van der Waals surface area contributed by atoms with Crippen LogP contribution in [0.2, 0.25) is 0 Å². The topological polar surface area (TPSA) is 96.7 Å². The number of aromatic nitrogens is 5. The van der Waals surface area contributed by atoms with Gasteiger partial charge in [0.1, 0.15) is 0 Å². The van der Waals surface area contributed by atoms with E-state index >= 15 is 0 Å². The SMILES string of the molecule is CC1(C)[C@@H](Cn2nnc3c(=O)[nH]cnc32)CC[C@@]1(C)CO. The molecule has 1 aliphatic rings. The number of aliphatic hydroxyl groups is 1. The molecule has 7 nitrogen and oxygen atoms in total. The molecule has 0 amide bonds. The fourth-order valence-electron chi connectivity index (χ4n) is 3.41. The van der Waals surface area contributed by atoms with Gasteiger partial charge in [0.05, 0.1) is 6.33 Å². The van der Waals surface area contributed by atoms with Gasteiger partial charge in [-0.3, -0.25) is 4.79 Å². The minimum absolute atomic E-state index is 0.0127. The first kappa shape index (κ1) is 14.2. The van der Waals surface area contributed by atoms with Crippen LogP contribution in [0.4, 0.5) is 0 Å². The molecule has 7 heteroatoms. The van der Waals surface area contributed by atoms with E-state index in [1.165, 1.54) is 6.33 Å². The molecule has 0 spiro atoms. The Morgan fingerprint density at radius 1 is 1.48 bits per heavy atom. The summed E-state index contributed by atoms with van der Waals surface area (Å²) >= 11 is 0. The number of rotatable bonds is 3. The number of aromatic amines is 1. The average Bonchev–Trinajstić information content (AvgIpc) is 2.95. The predicted octanol–water partition coefficient (Wildman–Crippen LogP) is 0.949. The van der Waals surface area contributed by atoms with E-state index in [0.29, 0.717) is 18.1 Å². The van der Waals surface area contributed by atoms with Gasteiger partial charge in [0.15, 0.2) is 11.2 Å². The fraction of sp³-hybridized carbons (Fsp3) is 0.714. The Hall–Kier alpha value is -1.76. The molecular weight excluding hydrogens is 270 g/mol. The molecule has 1 aliphatic carbocycles. The number of fused-ring (bicyclic) bond motifs is 1. The van der Waals surface area contributed by atoms with Gasteiger partial charge in [0.2, 0.25) is 0 Å². The Bertz CT molecular complexity index is 719. The lowest BCUT2D eigenvalue weighted by Crippen LogP contribution is -2.38. The standard InChI is InChI=1S/C14H21N5O2/c1-13(2)9(4-5-14(13,3)7-20)6-19-11-10(17-18-19)12(21)16-8-15-11/h8-9,20H,4-7H2,1-3H3,(H,15,16,21)/t9-,14+/m1/s1. The van der Waals surface area contributed by atoms with Crippen LogP contribution >= 0.6 is 0 Å². The summed E-state index contributed by atoms with van der Waals surface area (Å²) in [5.74, 6) is 0.362. The van der Waals surface area contributed by atoms with E-state index in [9.17, 15) is 9.90 Å². The number of hydrogen-bond acceptors (Lipinski definition) is 5. The van der Waals surface area contributed by atoms with Crippen molar-refractivity contribution in [2.24, 2.45) is 16.7 Å². The summed E-state index contributed by atoms with van der Waals surface area (Å²) in [4.78, 5) is 18.3. The van der Waals surface area contributed by atoms with Crippen LogP contribution < -0.4 is 5.56 Å². The highest BCUT2D eigenvalue weighted by Gasteiger charge is 2.51. The van der Waals surface area contributed by atoms with E-state index in [2.05, 4.69) is 41.1 Å². The summed E-state index contributed by atoms with van der Waals surface area (Å²) in [7, 11) is 0. The number of nitrogens with zero attached hydrogens (tertiary/aromatic N) is 4. The summed E-state index contributed by atoms with van der Waals surface area (Å²) in [6, 6.07) is 0. The van der Waals surface area contributed by atoms with Gasteiger partial charge in [-0.2, -0.15) is 0 Å². The molecule has 2 aromatic rings. The van der Waals surface area contributed by atoms with E-state index in [1.807, 2.05) is 0 Å². The molecule has 0 saturated heterocycles. The minimum Gasteiger partial charge on any atom is -0.396 e. The van der Waals surface area contributed by atoms with Gasteiger partial charge in [-0.1, -0.05) is 26.0 Å². The van der Waals surface area contributed by atoms with Crippen molar-refractivity contribution in [3.63, 3.8) is 0 Å². The van der Waals surface area contributed by atoms with Gasteiger partial charge in [-0.25, -0.2) is 9.67 Å². The molecule has 21 heavy (non-hydrogen) atoms. The quantitative estimate of drug-likeness (QED) is 0.877. The molecule has 2 atom stereocenters. The van der Waals surface area contributed by atoms with Crippen molar-refractivity contribution >= 4 is 11.2 Å². The third-order valence-electron chi connectivity index (χ3n) is 5.67. The summed E-state index contributed by atoms with van der Waals surface area (Å²) in [5.41, 5.74) is 0.433. The van der Waals surface area contributed by atoms with Crippen LogP contribution in [0.1, 0.15) is 33.6 Å². The number of aliphatic hydroxyl groups excluding tert-OH is 1. The maximum atomic E-state index is 11.7. The lowest BCUT2D eigenvalue weighted by molar-refractivity contribution is 0.0209. The van der Waals surface area contributed by atoms with Crippen molar-refractivity contribution in [3.05, 3.63) is 16.7 Å². The summed E-state index contributed by atoms with van der Waals surface area (Å²) in [6.45, 7) is 7.37. The second-order valence-corrected chi connectivity index (χ2v) is 6.85. The van der Waals surface area contributed by atoms with Crippen LogP contribution in [0.5, 0.6) is 0 Å². The molecule has 1 saturated carbocycles. The Labute approximate surface area is 122 Å². The average molecular weight is 291 g/mol. The highest BCUT2D eigenvalue weighted by atomic mass is 16.3. The molecule has 0 radical (unpaired) electrons. The molecule has 2 aromatic heterocycles. The van der Waals surface area contributed by atoms with Gasteiger partial charge in [-0.15, -0.1) is 5.10 Å². The maximum absolute atomic E-state index is 11.7. The summed E-state index contributed by atoms with van der Waals surface area (Å²) in [6.07, 6.45) is 3.39. The first-order valence-electron chi connectivity index (χ1n) is 7.27. The molecule has 0 aromatic carbocycles. The predicted molar refractivity (Wildman–Crippen MR) is 77.6 cm³/mol. The summed E-state index contributed by atoms with van der Waals surface area (Å²) in [5, 5.41) is 17.7. The highest BCUT2D eigenvalue weighted by molar-refractivity contribution is 5.67.